The maximum absolute atomic E-state index is 13.0. The number of halogens is 2. The van der Waals surface area contributed by atoms with E-state index in [1.165, 1.54) is 6.07 Å². The number of ether oxygens (including phenoxy) is 2. The molecular formula is C10H12F2O2S. The first-order valence-electron chi connectivity index (χ1n) is 4.51. The molecule has 0 fully saturated rings. The molecule has 1 aromatic rings. The fourth-order valence-corrected chi connectivity index (χ4v) is 1.12. The van der Waals surface area contributed by atoms with Gasteiger partial charge in [0.2, 0.25) is 0 Å². The molecule has 84 valence electrons. The van der Waals surface area contributed by atoms with Crippen LogP contribution in [-0.4, -0.2) is 25.6 Å². The molecule has 0 heterocycles. The third-order valence-electron chi connectivity index (χ3n) is 1.63. The van der Waals surface area contributed by atoms with Gasteiger partial charge >= 0.3 is 0 Å². The van der Waals surface area contributed by atoms with Crippen molar-refractivity contribution in [3.63, 3.8) is 0 Å². The van der Waals surface area contributed by atoms with Crippen LogP contribution in [0.15, 0.2) is 18.2 Å². The van der Waals surface area contributed by atoms with E-state index in [0.29, 0.717) is 12.4 Å². The smallest absolute Gasteiger partial charge is 0.190 e. The minimum absolute atomic E-state index is 0.117. The number of thiol groups is 1. The second-order valence-corrected chi connectivity index (χ2v) is 3.18. The second-order valence-electron chi connectivity index (χ2n) is 2.74. The largest absolute Gasteiger partial charge is 0.485 e. The van der Waals surface area contributed by atoms with Crippen molar-refractivity contribution >= 4 is 12.6 Å². The van der Waals surface area contributed by atoms with Gasteiger partial charge in [0.1, 0.15) is 6.61 Å². The van der Waals surface area contributed by atoms with Crippen LogP contribution in [-0.2, 0) is 4.74 Å². The molecular weight excluding hydrogens is 222 g/mol. The molecule has 2 nitrogen and oxygen atoms in total. The van der Waals surface area contributed by atoms with Crippen LogP contribution in [0.3, 0.4) is 0 Å². The zero-order chi connectivity index (χ0) is 11.1. The summed E-state index contributed by atoms with van der Waals surface area (Å²) < 4.78 is 36.0. The summed E-state index contributed by atoms with van der Waals surface area (Å²) >= 11 is 3.94. The third kappa shape index (κ3) is 4.05. The van der Waals surface area contributed by atoms with E-state index in [1.54, 1.807) is 0 Å². The maximum atomic E-state index is 13.0. The minimum atomic E-state index is -0.704. The van der Waals surface area contributed by atoms with Crippen LogP contribution in [0.4, 0.5) is 8.78 Å². The van der Waals surface area contributed by atoms with Gasteiger partial charge in [0.05, 0.1) is 13.2 Å². The standard InChI is InChI=1S/C10H12F2O2S/c11-8-2-1-3-9(12)10(8)14-5-4-13-6-7-15/h1-3,15H,4-7H2. The average molecular weight is 234 g/mol. The number of para-hydroxylation sites is 1. The van der Waals surface area contributed by atoms with Crippen molar-refractivity contribution in [1.82, 2.24) is 0 Å². The zero-order valence-corrected chi connectivity index (χ0v) is 8.97. The molecule has 0 spiro atoms. The number of benzene rings is 1. The predicted molar refractivity (Wildman–Crippen MR) is 56.5 cm³/mol. The lowest BCUT2D eigenvalue weighted by Gasteiger charge is -2.07. The van der Waals surface area contributed by atoms with Gasteiger partial charge in [-0.1, -0.05) is 6.07 Å². The first-order valence-corrected chi connectivity index (χ1v) is 5.14. The Labute approximate surface area is 92.6 Å². The van der Waals surface area contributed by atoms with Gasteiger partial charge in [-0.3, -0.25) is 0 Å². The zero-order valence-electron chi connectivity index (χ0n) is 8.08. The molecule has 0 N–H and O–H groups in total. The summed E-state index contributed by atoms with van der Waals surface area (Å²) in [5.74, 6) is -1.16. The molecule has 0 saturated carbocycles. The number of hydrogen-bond acceptors (Lipinski definition) is 3. The molecule has 0 atom stereocenters. The summed E-state index contributed by atoms with van der Waals surface area (Å²) in [6.45, 7) is 0.895. The van der Waals surface area contributed by atoms with Gasteiger partial charge in [0.15, 0.2) is 17.4 Å². The minimum Gasteiger partial charge on any atom is -0.485 e. The van der Waals surface area contributed by atoms with Crippen LogP contribution in [0.1, 0.15) is 0 Å². The Bertz CT molecular complexity index is 287. The van der Waals surface area contributed by atoms with E-state index >= 15 is 0 Å². The normalized spacial score (nSPS) is 10.3. The van der Waals surface area contributed by atoms with Crippen molar-refractivity contribution in [1.29, 1.82) is 0 Å². The first-order chi connectivity index (χ1) is 7.25. The van der Waals surface area contributed by atoms with Gasteiger partial charge in [-0.25, -0.2) is 8.78 Å². The lowest BCUT2D eigenvalue weighted by molar-refractivity contribution is 0.108. The van der Waals surface area contributed by atoms with Gasteiger partial charge in [0.25, 0.3) is 0 Å². The second kappa shape index (κ2) is 6.63. The highest BCUT2D eigenvalue weighted by atomic mass is 32.1. The van der Waals surface area contributed by atoms with E-state index in [2.05, 4.69) is 12.6 Å². The Morgan fingerprint density at radius 2 is 1.73 bits per heavy atom. The summed E-state index contributed by atoms with van der Waals surface area (Å²) in [4.78, 5) is 0. The summed E-state index contributed by atoms with van der Waals surface area (Å²) in [5.41, 5.74) is 0. The van der Waals surface area contributed by atoms with E-state index in [9.17, 15) is 8.78 Å². The summed E-state index contributed by atoms with van der Waals surface area (Å²) in [5, 5.41) is 0. The highest BCUT2D eigenvalue weighted by Gasteiger charge is 2.08. The Hall–Kier alpha value is -0.810. The molecule has 1 aromatic carbocycles. The van der Waals surface area contributed by atoms with E-state index in [4.69, 9.17) is 9.47 Å². The third-order valence-corrected chi connectivity index (χ3v) is 1.81. The summed E-state index contributed by atoms with van der Waals surface area (Å²) in [6, 6.07) is 3.58. The van der Waals surface area contributed by atoms with Gasteiger partial charge in [-0.2, -0.15) is 12.6 Å². The first kappa shape index (κ1) is 12.3. The highest BCUT2D eigenvalue weighted by Crippen LogP contribution is 2.20. The van der Waals surface area contributed by atoms with Crippen LogP contribution in [0.25, 0.3) is 0 Å². The van der Waals surface area contributed by atoms with E-state index in [1.807, 2.05) is 0 Å². The van der Waals surface area contributed by atoms with Crippen LogP contribution in [0.2, 0.25) is 0 Å². The number of rotatable bonds is 6. The van der Waals surface area contributed by atoms with Crippen molar-refractivity contribution in [2.45, 2.75) is 0 Å². The Balaban J connectivity index is 2.37. The fourth-order valence-electron chi connectivity index (χ4n) is 0.990. The van der Waals surface area contributed by atoms with Crippen molar-refractivity contribution in [3.05, 3.63) is 29.8 Å². The van der Waals surface area contributed by atoms with E-state index in [0.717, 1.165) is 12.1 Å². The van der Waals surface area contributed by atoms with Crippen molar-refractivity contribution in [2.75, 3.05) is 25.6 Å². The Kier molecular flexibility index (Phi) is 5.42. The molecule has 0 aliphatic carbocycles. The van der Waals surface area contributed by atoms with Crippen LogP contribution >= 0.6 is 12.6 Å². The molecule has 0 radical (unpaired) electrons. The molecule has 0 saturated heterocycles. The molecule has 0 bridgehead atoms. The highest BCUT2D eigenvalue weighted by molar-refractivity contribution is 7.80. The van der Waals surface area contributed by atoms with Crippen LogP contribution < -0.4 is 4.74 Å². The summed E-state index contributed by atoms with van der Waals surface area (Å²) in [6.07, 6.45) is 0. The van der Waals surface area contributed by atoms with Crippen LogP contribution in [0, 0.1) is 11.6 Å². The van der Waals surface area contributed by atoms with Gasteiger partial charge < -0.3 is 9.47 Å². The molecule has 0 aromatic heterocycles. The predicted octanol–water partition coefficient (Wildman–Crippen LogP) is 2.29. The molecule has 1 rings (SSSR count). The Morgan fingerprint density at radius 1 is 1.07 bits per heavy atom. The van der Waals surface area contributed by atoms with Gasteiger partial charge in [-0.05, 0) is 12.1 Å². The lowest BCUT2D eigenvalue weighted by atomic mass is 10.3. The van der Waals surface area contributed by atoms with Gasteiger partial charge in [-0.15, -0.1) is 0 Å². The molecule has 15 heavy (non-hydrogen) atoms. The fraction of sp³-hybridized carbons (Fsp3) is 0.400. The summed E-state index contributed by atoms with van der Waals surface area (Å²) in [7, 11) is 0. The molecule has 0 unspecified atom stereocenters. The maximum Gasteiger partial charge on any atom is 0.190 e. The van der Waals surface area contributed by atoms with Crippen molar-refractivity contribution in [2.24, 2.45) is 0 Å². The SMILES string of the molecule is Fc1cccc(F)c1OCCOCCS. The topological polar surface area (TPSA) is 18.5 Å². The van der Waals surface area contributed by atoms with E-state index < -0.39 is 11.6 Å². The van der Waals surface area contributed by atoms with Crippen molar-refractivity contribution in [3.8, 4) is 5.75 Å². The lowest BCUT2D eigenvalue weighted by Crippen LogP contribution is -2.09. The molecule has 5 heteroatoms. The van der Waals surface area contributed by atoms with Crippen molar-refractivity contribution < 1.29 is 18.3 Å². The molecule has 0 amide bonds. The van der Waals surface area contributed by atoms with Crippen LogP contribution in [0.5, 0.6) is 5.75 Å². The monoisotopic (exact) mass is 234 g/mol. The average Bonchev–Trinajstić information content (AvgIpc) is 2.21. The van der Waals surface area contributed by atoms with Gasteiger partial charge in [0, 0.05) is 5.75 Å². The quantitative estimate of drug-likeness (QED) is 0.601. The molecule has 0 aliphatic rings. The molecule has 0 aliphatic heterocycles. The number of hydrogen-bond donors (Lipinski definition) is 1. The van der Waals surface area contributed by atoms with E-state index in [-0.39, 0.29) is 19.0 Å². The Morgan fingerprint density at radius 3 is 2.33 bits per heavy atom.